The molecule has 0 amide bonds. The number of carbonyl (C=O) groups excluding carboxylic acids is 1. The quantitative estimate of drug-likeness (QED) is 0.740. The van der Waals surface area contributed by atoms with E-state index in [-0.39, 0.29) is 17.8 Å². The first-order valence-electron chi connectivity index (χ1n) is 5.38. The van der Waals surface area contributed by atoms with Crippen molar-refractivity contribution in [2.45, 2.75) is 33.3 Å². The highest BCUT2D eigenvalue weighted by Gasteiger charge is 2.30. The molecule has 0 saturated carbocycles. The van der Waals surface area contributed by atoms with Gasteiger partial charge in [0.15, 0.2) is 11.9 Å². The van der Waals surface area contributed by atoms with Gasteiger partial charge in [-0.15, -0.1) is 0 Å². The molecule has 1 aromatic rings. The second kappa shape index (κ2) is 3.69. The Morgan fingerprint density at radius 1 is 1.47 bits per heavy atom. The van der Waals surface area contributed by atoms with E-state index in [0.29, 0.717) is 0 Å². The lowest BCUT2D eigenvalue weighted by Gasteiger charge is -2.12. The monoisotopic (exact) mass is 204 g/mol. The van der Waals surface area contributed by atoms with E-state index in [1.165, 1.54) is 0 Å². The molecule has 0 saturated heterocycles. The molecule has 2 rings (SSSR count). The molecule has 80 valence electrons. The molecule has 15 heavy (non-hydrogen) atoms. The first-order valence-corrected chi connectivity index (χ1v) is 5.38. The van der Waals surface area contributed by atoms with Crippen LogP contribution in [0, 0.1) is 12.8 Å². The Kier molecular flexibility index (Phi) is 2.51. The van der Waals surface area contributed by atoms with Crippen LogP contribution in [0.3, 0.4) is 0 Å². The highest BCUT2D eigenvalue weighted by atomic mass is 16.5. The van der Waals surface area contributed by atoms with Crippen LogP contribution in [-0.4, -0.2) is 11.9 Å². The summed E-state index contributed by atoms with van der Waals surface area (Å²) in [6.45, 7) is 5.85. The number of hydrogen-bond donors (Lipinski definition) is 0. The summed E-state index contributed by atoms with van der Waals surface area (Å²) in [6, 6.07) is 6.07. The number of benzene rings is 1. The molecule has 0 bridgehead atoms. The van der Waals surface area contributed by atoms with E-state index in [0.717, 1.165) is 23.3 Å². The number of ether oxygens (including phenoxy) is 1. The zero-order valence-corrected chi connectivity index (χ0v) is 9.41. The van der Waals surface area contributed by atoms with Crippen LogP contribution >= 0.6 is 0 Å². The van der Waals surface area contributed by atoms with Crippen molar-refractivity contribution in [1.29, 1.82) is 0 Å². The zero-order valence-electron chi connectivity index (χ0n) is 9.41. The van der Waals surface area contributed by atoms with Crippen LogP contribution < -0.4 is 4.74 Å². The van der Waals surface area contributed by atoms with Gasteiger partial charge in [-0.3, -0.25) is 4.79 Å². The molecule has 1 aromatic carbocycles. The summed E-state index contributed by atoms with van der Waals surface area (Å²) >= 11 is 0. The van der Waals surface area contributed by atoms with Crippen LogP contribution in [0.5, 0.6) is 5.75 Å². The Balaban J connectivity index is 2.23. The number of ketones is 1. The van der Waals surface area contributed by atoms with Crippen LogP contribution in [0.4, 0.5) is 0 Å². The number of Topliss-reactive ketones (excluding diaryl/α,β-unsaturated/α-hetero) is 1. The van der Waals surface area contributed by atoms with Crippen LogP contribution in [0.25, 0.3) is 0 Å². The minimum absolute atomic E-state index is 0.0459. The summed E-state index contributed by atoms with van der Waals surface area (Å²) in [7, 11) is 0. The molecule has 0 radical (unpaired) electrons. The molecule has 0 fully saturated rings. The normalized spacial score (nSPS) is 18.8. The van der Waals surface area contributed by atoms with E-state index < -0.39 is 0 Å². The maximum atomic E-state index is 11.8. The molecule has 1 aliphatic heterocycles. The van der Waals surface area contributed by atoms with Gasteiger partial charge in [0.25, 0.3) is 0 Å². The number of fused-ring (bicyclic) bond motifs is 1. The fraction of sp³-hybridized carbons (Fsp3) is 0.462. The number of carbonyl (C=O) groups is 1. The number of para-hydroxylation sites is 1. The minimum atomic E-state index is -0.263. The molecular formula is C13H16O2. The Hall–Kier alpha value is -1.31. The van der Waals surface area contributed by atoms with Crippen molar-refractivity contribution in [3.63, 3.8) is 0 Å². The minimum Gasteiger partial charge on any atom is -0.482 e. The maximum Gasteiger partial charge on any atom is 0.176 e. The average Bonchev–Trinajstić information content (AvgIpc) is 2.61. The summed E-state index contributed by atoms with van der Waals surface area (Å²) in [5.41, 5.74) is 2.28. The Morgan fingerprint density at radius 2 is 2.20 bits per heavy atom. The van der Waals surface area contributed by atoms with Crippen molar-refractivity contribution in [1.82, 2.24) is 0 Å². The first kappa shape index (κ1) is 10.2. The smallest absolute Gasteiger partial charge is 0.176 e. The highest BCUT2D eigenvalue weighted by molar-refractivity contribution is 5.86. The molecule has 1 heterocycles. The van der Waals surface area contributed by atoms with Crippen molar-refractivity contribution < 1.29 is 9.53 Å². The van der Waals surface area contributed by atoms with Crippen LogP contribution in [0.1, 0.15) is 25.0 Å². The maximum absolute atomic E-state index is 11.8. The van der Waals surface area contributed by atoms with E-state index >= 15 is 0 Å². The predicted octanol–water partition coefficient (Wildman–Crippen LogP) is 2.52. The van der Waals surface area contributed by atoms with Gasteiger partial charge in [-0.1, -0.05) is 32.0 Å². The van der Waals surface area contributed by atoms with Gasteiger partial charge in [0, 0.05) is 12.3 Å². The Labute approximate surface area is 90.3 Å². The summed E-state index contributed by atoms with van der Waals surface area (Å²) in [5, 5.41) is 0. The summed E-state index contributed by atoms with van der Waals surface area (Å²) in [4.78, 5) is 11.8. The molecule has 0 N–H and O–H groups in total. The van der Waals surface area contributed by atoms with E-state index in [1.807, 2.05) is 39.0 Å². The van der Waals surface area contributed by atoms with Crippen molar-refractivity contribution in [3.8, 4) is 5.75 Å². The Morgan fingerprint density at radius 3 is 2.80 bits per heavy atom. The molecule has 0 spiro atoms. The molecule has 0 aromatic heterocycles. The third-order valence-corrected chi connectivity index (χ3v) is 2.85. The van der Waals surface area contributed by atoms with Crippen molar-refractivity contribution >= 4 is 5.78 Å². The largest absolute Gasteiger partial charge is 0.482 e. The van der Waals surface area contributed by atoms with Crippen molar-refractivity contribution in [3.05, 3.63) is 29.3 Å². The molecule has 1 atom stereocenters. The van der Waals surface area contributed by atoms with Gasteiger partial charge >= 0.3 is 0 Å². The third-order valence-electron chi connectivity index (χ3n) is 2.85. The van der Waals surface area contributed by atoms with Gasteiger partial charge in [0.2, 0.25) is 0 Å². The second-order valence-electron chi connectivity index (χ2n) is 4.43. The Bertz CT molecular complexity index is 394. The van der Waals surface area contributed by atoms with Gasteiger partial charge in [0.1, 0.15) is 5.75 Å². The summed E-state index contributed by atoms with van der Waals surface area (Å²) < 4.78 is 5.71. The molecular weight excluding hydrogens is 188 g/mol. The van der Waals surface area contributed by atoms with Gasteiger partial charge in [0.05, 0.1) is 0 Å². The number of aryl methyl sites for hydroxylation is 1. The lowest BCUT2D eigenvalue weighted by Crippen LogP contribution is -2.29. The molecule has 0 aliphatic carbocycles. The molecule has 2 nitrogen and oxygen atoms in total. The first-order chi connectivity index (χ1) is 7.09. The third kappa shape index (κ3) is 1.76. The van der Waals surface area contributed by atoms with Crippen LogP contribution in [-0.2, 0) is 11.2 Å². The number of rotatable bonds is 2. The fourth-order valence-corrected chi connectivity index (χ4v) is 1.96. The summed E-state index contributed by atoms with van der Waals surface area (Å²) in [5.74, 6) is 1.16. The lowest BCUT2D eigenvalue weighted by atomic mass is 9.99. The van der Waals surface area contributed by atoms with Crippen molar-refractivity contribution in [2.75, 3.05) is 0 Å². The SMILES string of the molecule is Cc1cccc2c1OC(C(=O)C(C)C)C2. The van der Waals surface area contributed by atoms with E-state index in [4.69, 9.17) is 4.74 Å². The molecule has 2 heteroatoms. The van der Waals surface area contributed by atoms with Gasteiger partial charge in [-0.25, -0.2) is 0 Å². The van der Waals surface area contributed by atoms with Gasteiger partial charge < -0.3 is 4.74 Å². The van der Waals surface area contributed by atoms with E-state index in [9.17, 15) is 4.79 Å². The zero-order chi connectivity index (χ0) is 11.0. The van der Waals surface area contributed by atoms with Gasteiger partial charge in [-0.2, -0.15) is 0 Å². The summed E-state index contributed by atoms with van der Waals surface area (Å²) in [6.07, 6.45) is 0.467. The lowest BCUT2D eigenvalue weighted by molar-refractivity contribution is -0.128. The molecule has 1 unspecified atom stereocenters. The van der Waals surface area contributed by atoms with Crippen molar-refractivity contribution in [2.24, 2.45) is 5.92 Å². The standard InChI is InChI=1S/C13H16O2/c1-8(2)12(14)11-7-10-6-4-5-9(3)13(10)15-11/h4-6,8,11H,7H2,1-3H3. The fourth-order valence-electron chi connectivity index (χ4n) is 1.96. The van der Waals surface area contributed by atoms with E-state index in [1.54, 1.807) is 0 Å². The average molecular weight is 204 g/mol. The van der Waals surface area contributed by atoms with E-state index in [2.05, 4.69) is 0 Å². The topological polar surface area (TPSA) is 26.3 Å². The van der Waals surface area contributed by atoms with Crippen LogP contribution in [0.2, 0.25) is 0 Å². The molecule has 1 aliphatic rings. The second-order valence-corrected chi connectivity index (χ2v) is 4.43. The van der Waals surface area contributed by atoms with Gasteiger partial charge in [-0.05, 0) is 18.1 Å². The highest BCUT2D eigenvalue weighted by Crippen LogP contribution is 2.32. The predicted molar refractivity (Wildman–Crippen MR) is 59.1 cm³/mol. The van der Waals surface area contributed by atoms with Crippen LogP contribution in [0.15, 0.2) is 18.2 Å². The number of hydrogen-bond acceptors (Lipinski definition) is 2.